The quantitative estimate of drug-likeness (QED) is 0.814. The number of hydrogen-bond acceptors (Lipinski definition) is 6. The van der Waals surface area contributed by atoms with Crippen LogP contribution in [0.5, 0.6) is 11.5 Å². The van der Waals surface area contributed by atoms with Crippen LogP contribution in [0, 0.1) is 0 Å². The summed E-state index contributed by atoms with van der Waals surface area (Å²) in [5.74, 6) is 1.19. The molecule has 0 heterocycles. The van der Waals surface area contributed by atoms with Crippen LogP contribution in [0.25, 0.3) is 0 Å². The van der Waals surface area contributed by atoms with Gasteiger partial charge in [0.2, 0.25) is 0 Å². The van der Waals surface area contributed by atoms with E-state index in [9.17, 15) is 9.90 Å². The molecule has 22 heavy (non-hydrogen) atoms. The number of hydrogen-bond donors (Lipinski definition) is 1. The summed E-state index contributed by atoms with van der Waals surface area (Å²) >= 11 is 0. The van der Waals surface area contributed by atoms with E-state index in [1.54, 1.807) is 47.1 Å². The highest BCUT2D eigenvalue weighted by Gasteiger charge is 2.21. The summed E-state index contributed by atoms with van der Waals surface area (Å²) in [4.78, 5) is 11.6. The molecule has 1 N–H and O–H groups in total. The van der Waals surface area contributed by atoms with Crippen molar-refractivity contribution in [3.63, 3.8) is 0 Å². The maximum Gasteiger partial charge on any atom is 0.509 e. The molecule has 0 bridgehead atoms. The molecule has 0 spiro atoms. The predicted molar refractivity (Wildman–Crippen MR) is 81.4 cm³/mol. The first-order valence-electron chi connectivity index (χ1n) is 7.00. The third-order valence-corrected chi connectivity index (χ3v) is 2.77. The van der Waals surface area contributed by atoms with Gasteiger partial charge in [0.05, 0.1) is 20.8 Å². The molecule has 1 aromatic carbocycles. The lowest BCUT2D eigenvalue weighted by molar-refractivity contribution is -0.0375. The summed E-state index contributed by atoms with van der Waals surface area (Å²) in [6.07, 6.45) is -1.14. The van der Waals surface area contributed by atoms with Crippen LogP contribution in [0.4, 0.5) is 4.79 Å². The smallest absolute Gasteiger partial charge is 0.493 e. The maximum absolute atomic E-state index is 11.6. The van der Waals surface area contributed by atoms with Gasteiger partial charge in [0.25, 0.3) is 0 Å². The van der Waals surface area contributed by atoms with Crippen molar-refractivity contribution in [2.24, 2.45) is 0 Å². The van der Waals surface area contributed by atoms with Crippen LogP contribution in [0.3, 0.4) is 0 Å². The minimum atomic E-state index is -0.799. The third-order valence-electron chi connectivity index (χ3n) is 2.77. The lowest BCUT2D eigenvalue weighted by Gasteiger charge is -2.22. The van der Waals surface area contributed by atoms with E-state index in [2.05, 4.69) is 0 Å². The van der Waals surface area contributed by atoms with Crippen LogP contribution >= 0.6 is 0 Å². The number of aliphatic hydroxyl groups excluding tert-OH is 1. The first kappa shape index (κ1) is 18.1. The van der Waals surface area contributed by atoms with E-state index < -0.39 is 17.9 Å². The molecule has 1 rings (SSSR count). The largest absolute Gasteiger partial charge is 0.509 e. The molecule has 6 nitrogen and oxygen atoms in total. The van der Waals surface area contributed by atoms with Gasteiger partial charge in [-0.05, 0) is 38.5 Å². The molecular weight excluding hydrogens is 288 g/mol. The van der Waals surface area contributed by atoms with Crippen LogP contribution in [0.2, 0.25) is 0 Å². The third kappa shape index (κ3) is 5.81. The standard InChI is InChI=1S/C16H24O6/c1-16(2,3)22-15(18)21-12(10-17)8-11-6-7-13(19-4)14(9-11)20-5/h6-7,9,12,17H,8,10H2,1-5H3. The van der Waals surface area contributed by atoms with E-state index in [1.165, 1.54) is 0 Å². The minimum Gasteiger partial charge on any atom is -0.493 e. The Balaban J connectivity index is 2.72. The Kier molecular flexibility index (Phi) is 6.49. The second kappa shape index (κ2) is 7.89. The lowest BCUT2D eigenvalue weighted by atomic mass is 10.1. The van der Waals surface area contributed by atoms with Crippen LogP contribution in [-0.4, -0.2) is 43.8 Å². The molecule has 0 radical (unpaired) electrons. The van der Waals surface area contributed by atoms with E-state index in [-0.39, 0.29) is 6.61 Å². The lowest BCUT2D eigenvalue weighted by Crippen LogP contribution is -2.30. The Morgan fingerprint density at radius 1 is 1.18 bits per heavy atom. The highest BCUT2D eigenvalue weighted by molar-refractivity contribution is 5.60. The first-order chi connectivity index (χ1) is 10.3. The van der Waals surface area contributed by atoms with Crippen molar-refractivity contribution >= 4 is 6.16 Å². The molecule has 0 saturated heterocycles. The molecule has 1 aromatic rings. The number of rotatable bonds is 6. The Bertz CT molecular complexity index is 492. The molecule has 1 atom stereocenters. The van der Waals surface area contributed by atoms with E-state index in [0.717, 1.165) is 5.56 Å². The normalized spacial score (nSPS) is 12.5. The average Bonchev–Trinajstić information content (AvgIpc) is 2.44. The average molecular weight is 312 g/mol. The minimum absolute atomic E-state index is 0.298. The van der Waals surface area contributed by atoms with Gasteiger partial charge in [0.15, 0.2) is 11.5 Å². The predicted octanol–water partition coefficient (Wildman–Crippen LogP) is 2.56. The summed E-state index contributed by atoms with van der Waals surface area (Å²) in [6.45, 7) is 4.94. The molecule has 0 aliphatic carbocycles. The first-order valence-corrected chi connectivity index (χ1v) is 7.00. The second-order valence-electron chi connectivity index (χ2n) is 5.78. The molecule has 124 valence electrons. The number of methoxy groups -OCH3 is 2. The van der Waals surface area contributed by atoms with Gasteiger partial charge in [0.1, 0.15) is 11.7 Å². The van der Waals surface area contributed by atoms with E-state index in [4.69, 9.17) is 18.9 Å². The highest BCUT2D eigenvalue weighted by atomic mass is 16.7. The summed E-state index contributed by atoms with van der Waals surface area (Å²) < 4.78 is 20.6. The molecular formula is C16H24O6. The Hall–Kier alpha value is -1.95. The maximum atomic E-state index is 11.6. The molecule has 0 aliphatic heterocycles. The fourth-order valence-electron chi connectivity index (χ4n) is 1.82. The zero-order valence-corrected chi connectivity index (χ0v) is 13.7. The van der Waals surface area contributed by atoms with Crippen molar-refractivity contribution in [2.75, 3.05) is 20.8 Å². The topological polar surface area (TPSA) is 74.2 Å². The number of benzene rings is 1. The molecule has 0 saturated carbocycles. The Morgan fingerprint density at radius 3 is 2.32 bits per heavy atom. The van der Waals surface area contributed by atoms with Crippen molar-refractivity contribution in [1.29, 1.82) is 0 Å². The van der Waals surface area contributed by atoms with Gasteiger partial charge in [-0.2, -0.15) is 0 Å². The van der Waals surface area contributed by atoms with Gasteiger partial charge in [-0.15, -0.1) is 0 Å². The van der Waals surface area contributed by atoms with Crippen LogP contribution in [0.15, 0.2) is 18.2 Å². The number of carbonyl (C=O) groups is 1. The van der Waals surface area contributed by atoms with Crippen molar-refractivity contribution in [2.45, 2.75) is 38.9 Å². The van der Waals surface area contributed by atoms with Crippen molar-refractivity contribution < 1.29 is 28.8 Å². The summed E-state index contributed by atoms with van der Waals surface area (Å²) in [6, 6.07) is 5.36. The summed E-state index contributed by atoms with van der Waals surface area (Å²) in [7, 11) is 3.10. The highest BCUT2D eigenvalue weighted by Crippen LogP contribution is 2.28. The SMILES string of the molecule is COc1ccc(CC(CO)OC(=O)OC(C)(C)C)cc1OC. The zero-order valence-electron chi connectivity index (χ0n) is 13.7. The molecule has 0 fully saturated rings. The van der Waals surface area contributed by atoms with Crippen LogP contribution in [-0.2, 0) is 15.9 Å². The number of aliphatic hydroxyl groups is 1. The Labute approximate surface area is 130 Å². The van der Waals surface area contributed by atoms with Crippen LogP contribution < -0.4 is 9.47 Å². The summed E-state index contributed by atoms with van der Waals surface area (Å²) in [5.41, 5.74) is 0.209. The van der Waals surface area contributed by atoms with E-state index >= 15 is 0 Å². The summed E-state index contributed by atoms with van der Waals surface area (Å²) in [5, 5.41) is 9.37. The molecule has 0 aromatic heterocycles. The van der Waals surface area contributed by atoms with Crippen molar-refractivity contribution in [3.8, 4) is 11.5 Å². The number of carbonyl (C=O) groups excluding carboxylic acids is 1. The van der Waals surface area contributed by atoms with Crippen molar-refractivity contribution in [3.05, 3.63) is 23.8 Å². The molecule has 0 amide bonds. The zero-order chi connectivity index (χ0) is 16.8. The number of ether oxygens (including phenoxy) is 4. The van der Waals surface area contributed by atoms with Gasteiger partial charge in [-0.3, -0.25) is 0 Å². The Morgan fingerprint density at radius 2 is 1.82 bits per heavy atom. The van der Waals surface area contributed by atoms with Gasteiger partial charge in [-0.1, -0.05) is 6.07 Å². The van der Waals surface area contributed by atoms with Crippen molar-refractivity contribution in [1.82, 2.24) is 0 Å². The molecule has 0 aliphatic rings. The fraction of sp³-hybridized carbons (Fsp3) is 0.562. The van der Waals surface area contributed by atoms with Gasteiger partial charge in [-0.25, -0.2) is 4.79 Å². The fourth-order valence-corrected chi connectivity index (χ4v) is 1.82. The van der Waals surface area contributed by atoms with Gasteiger partial charge >= 0.3 is 6.16 Å². The van der Waals surface area contributed by atoms with Crippen LogP contribution in [0.1, 0.15) is 26.3 Å². The molecule has 1 unspecified atom stereocenters. The van der Waals surface area contributed by atoms with E-state index in [1.807, 2.05) is 6.07 Å². The monoisotopic (exact) mass is 312 g/mol. The van der Waals surface area contributed by atoms with Gasteiger partial charge in [0, 0.05) is 6.42 Å². The second-order valence-corrected chi connectivity index (χ2v) is 5.78. The van der Waals surface area contributed by atoms with E-state index in [0.29, 0.717) is 17.9 Å². The van der Waals surface area contributed by atoms with Gasteiger partial charge < -0.3 is 24.1 Å². The molecule has 6 heteroatoms.